The van der Waals surface area contributed by atoms with Crippen molar-refractivity contribution < 1.29 is 8.42 Å². The molecule has 0 spiro atoms. The Morgan fingerprint density at radius 3 is 2.40 bits per heavy atom. The molecule has 0 aromatic heterocycles. The molecular weight excluding hydrogens is 272 g/mol. The number of nitrogens with one attached hydrogen (secondary N) is 1. The van der Waals surface area contributed by atoms with Crippen LogP contribution in [0, 0.1) is 0 Å². The summed E-state index contributed by atoms with van der Waals surface area (Å²) in [6.45, 7) is 14.4. The second-order valence-electron chi connectivity index (χ2n) is 7.61. The van der Waals surface area contributed by atoms with Crippen molar-refractivity contribution in [2.45, 2.75) is 70.7 Å². The summed E-state index contributed by atoms with van der Waals surface area (Å²) in [5, 5.41) is 3.56. The topological polar surface area (TPSA) is 49.4 Å². The lowest BCUT2D eigenvalue weighted by molar-refractivity contribution is 0.0957. The van der Waals surface area contributed by atoms with E-state index < -0.39 is 14.6 Å². The zero-order valence-corrected chi connectivity index (χ0v) is 14.8. The molecule has 4 nitrogen and oxygen atoms in total. The van der Waals surface area contributed by atoms with Gasteiger partial charge in [-0.1, -0.05) is 13.3 Å². The summed E-state index contributed by atoms with van der Waals surface area (Å²) in [5.41, 5.74) is 0.0652. The number of piperazine rings is 1. The van der Waals surface area contributed by atoms with Crippen LogP contribution in [0.25, 0.3) is 0 Å². The van der Waals surface area contributed by atoms with Gasteiger partial charge in [-0.3, -0.25) is 4.90 Å². The molecule has 1 rings (SSSR count). The zero-order valence-electron chi connectivity index (χ0n) is 14.0. The number of rotatable bonds is 5. The van der Waals surface area contributed by atoms with Gasteiger partial charge in [0.05, 0.1) is 10.5 Å². The third-order valence-electron chi connectivity index (χ3n) is 4.13. The van der Waals surface area contributed by atoms with Gasteiger partial charge < -0.3 is 5.32 Å². The maximum Gasteiger partial charge on any atom is 0.156 e. The monoisotopic (exact) mass is 304 g/mol. The predicted molar refractivity (Wildman–Crippen MR) is 85.9 cm³/mol. The third-order valence-corrected chi connectivity index (χ3v) is 6.72. The summed E-state index contributed by atoms with van der Waals surface area (Å²) in [4.78, 5) is 2.36. The molecule has 1 aliphatic heterocycles. The van der Waals surface area contributed by atoms with E-state index in [4.69, 9.17) is 0 Å². The molecule has 0 bridgehead atoms. The lowest BCUT2D eigenvalue weighted by Gasteiger charge is -2.45. The van der Waals surface area contributed by atoms with Crippen molar-refractivity contribution >= 4 is 9.84 Å². The highest BCUT2D eigenvalue weighted by molar-refractivity contribution is 7.92. The molecule has 5 heteroatoms. The van der Waals surface area contributed by atoms with Crippen LogP contribution in [-0.4, -0.2) is 55.0 Å². The van der Waals surface area contributed by atoms with E-state index in [0.29, 0.717) is 12.6 Å². The summed E-state index contributed by atoms with van der Waals surface area (Å²) in [5.74, 6) is 0.257. The van der Waals surface area contributed by atoms with Crippen molar-refractivity contribution in [3.8, 4) is 0 Å². The summed E-state index contributed by atoms with van der Waals surface area (Å²) >= 11 is 0. The van der Waals surface area contributed by atoms with E-state index >= 15 is 0 Å². The highest BCUT2D eigenvalue weighted by Crippen LogP contribution is 2.20. The molecule has 0 saturated carbocycles. The maximum atomic E-state index is 12.3. The van der Waals surface area contributed by atoms with Crippen molar-refractivity contribution in [1.82, 2.24) is 10.2 Å². The Hall–Kier alpha value is -0.130. The maximum absolute atomic E-state index is 12.3. The summed E-state index contributed by atoms with van der Waals surface area (Å²) in [7, 11) is -3.03. The minimum absolute atomic E-state index is 0.0652. The van der Waals surface area contributed by atoms with Crippen LogP contribution in [0.3, 0.4) is 0 Å². The van der Waals surface area contributed by atoms with Crippen LogP contribution in [0.15, 0.2) is 0 Å². The highest BCUT2D eigenvalue weighted by atomic mass is 32.2. The van der Waals surface area contributed by atoms with Crippen LogP contribution < -0.4 is 5.32 Å². The number of hydrogen-bond acceptors (Lipinski definition) is 4. The Kier molecular flexibility index (Phi) is 5.67. The van der Waals surface area contributed by atoms with E-state index in [1.54, 1.807) is 20.8 Å². The van der Waals surface area contributed by atoms with Crippen molar-refractivity contribution in [3.63, 3.8) is 0 Å². The van der Waals surface area contributed by atoms with Crippen LogP contribution >= 0.6 is 0 Å². The summed E-state index contributed by atoms with van der Waals surface area (Å²) in [6, 6.07) is 0.461. The van der Waals surface area contributed by atoms with E-state index in [0.717, 1.165) is 25.9 Å². The van der Waals surface area contributed by atoms with Crippen LogP contribution in [-0.2, 0) is 9.84 Å². The zero-order chi connectivity index (χ0) is 15.6. The SMILES string of the molecule is CCCC1CNC(C)(C)CN1CCS(=O)(=O)C(C)(C)C. The molecule has 1 saturated heterocycles. The van der Waals surface area contributed by atoms with E-state index in [-0.39, 0.29) is 11.3 Å². The fraction of sp³-hybridized carbons (Fsp3) is 1.00. The van der Waals surface area contributed by atoms with Gasteiger partial charge in [0.15, 0.2) is 9.84 Å². The Labute approximate surface area is 125 Å². The minimum atomic E-state index is -3.03. The van der Waals surface area contributed by atoms with Gasteiger partial charge in [0.1, 0.15) is 0 Å². The first-order chi connectivity index (χ1) is 8.98. The third kappa shape index (κ3) is 4.71. The standard InChI is InChI=1S/C15H32N2O2S/c1-7-8-13-11-16-15(5,6)12-17(13)9-10-20(18,19)14(2,3)4/h13,16H,7-12H2,1-6H3. The average molecular weight is 305 g/mol. The van der Waals surface area contributed by atoms with Crippen molar-refractivity contribution in [2.24, 2.45) is 0 Å². The van der Waals surface area contributed by atoms with Crippen molar-refractivity contribution in [3.05, 3.63) is 0 Å². The van der Waals surface area contributed by atoms with Gasteiger partial charge in [-0.25, -0.2) is 8.42 Å². The Morgan fingerprint density at radius 2 is 1.90 bits per heavy atom. The molecule has 1 aliphatic rings. The van der Waals surface area contributed by atoms with Gasteiger partial charge in [0, 0.05) is 31.2 Å². The Morgan fingerprint density at radius 1 is 1.30 bits per heavy atom. The first-order valence-corrected chi connectivity index (χ1v) is 9.35. The van der Waals surface area contributed by atoms with Gasteiger partial charge in [0.2, 0.25) is 0 Å². The minimum Gasteiger partial charge on any atom is -0.309 e. The largest absolute Gasteiger partial charge is 0.309 e. The first kappa shape index (κ1) is 17.9. The van der Waals surface area contributed by atoms with Crippen molar-refractivity contribution in [1.29, 1.82) is 0 Å². The first-order valence-electron chi connectivity index (χ1n) is 7.70. The number of hydrogen-bond donors (Lipinski definition) is 1. The van der Waals surface area contributed by atoms with Crippen LogP contribution in [0.4, 0.5) is 0 Å². The molecular formula is C15H32N2O2S. The highest BCUT2D eigenvalue weighted by Gasteiger charge is 2.34. The second kappa shape index (κ2) is 6.32. The molecule has 0 radical (unpaired) electrons. The molecule has 20 heavy (non-hydrogen) atoms. The molecule has 1 unspecified atom stereocenters. The van der Waals surface area contributed by atoms with E-state index in [1.807, 2.05) is 0 Å². The van der Waals surface area contributed by atoms with Crippen LogP contribution in [0.2, 0.25) is 0 Å². The molecule has 1 fully saturated rings. The normalized spacial score (nSPS) is 24.8. The van der Waals surface area contributed by atoms with Gasteiger partial charge in [-0.15, -0.1) is 0 Å². The molecule has 1 atom stereocenters. The molecule has 0 aromatic rings. The fourth-order valence-corrected chi connectivity index (χ4v) is 3.73. The van der Waals surface area contributed by atoms with E-state index in [2.05, 4.69) is 31.0 Å². The lowest BCUT2D eigenvalue weighted by atomic mass is 9.97. The van der Waals surface area contributed by atoms with Crippen LogP contribution in [0.1, 0.15) is 54.4 Å². The van der Waals surface area contributed by atoms with Gasteiger partial charge in [0.25, 0.3) is 0 Å². The average Bonchev–Trinajstić information content (AvgIpc) is 2.28. The Balaban J connectivity index is 2.71. The Bertz CT molecular complexity index is 410. The quantitative estimate of drug-likeness (QED) is 0.844. The van der Waals surface area contributed by atoms with Crippen LogP contribution in [0.5, 0.6) is 0 Å². The second-order valence-corrected chi connectivity index (χ2v) is 10.5. The molecule has 0 amide bonds. The van der Waals surface area contributed by atoms with Crippen molar-refractivity contribution in [2.75, 3.05) is 25.4 Å². The molecule has 0 aliphatic carbocycles. The summed E-state index contributed by atoms with van der Waals surface area (Å²) < 4.78 is 23.9. The predicted octanol–water partition coefficient (Wildman–Crippen LogP) is 2.05. The van der Waals surface area contributed by atoms with E-state index in [9.17, 15) is 8.42 Å². The molecule has 0 aromatic carbocycles. The molecule has 120 valence electrons. The van der Waals surface area contributed by atoms with Gasteiger partial charge in [-0.2, -0.15) is 0 Å². The smallest absolute Gasteiger partial charge is 0.156 e. The number of sulfone groups is 1. The van der Waals surface area contributed by atoms with Gasteiger partial charge >= 0.3 is 0 Å². The fourth-order valence-electron chi connectivity index (χ4n) is 2.64. The lowest BCUT2D eigenvalue weighted by Crippen LogP contribution is -2.62. The summed E-state index contributed by atoms with van der Waals surface area (Å²) in [6.07, 6.45) is 2.26. The van der Waals surface area contributed by atoms with E-state index in [1.165, 1.54) is 0 Å². The molecule has 1 N–H and O–H groups in total. The van der Waals surface area contributed by atoms with Gasteiger partial charge in [-0.05, 0) is 41.0 Å². The molecule has 1 heterocycles. The number of nitrogens with zero attached hydrogens (tertiary/aromatic N) is 1.